The van der Waals surface area contributed by atoms with Gasteiger partial charge in [-0.1, -0.05) is 38.1 Å². The van der Waals surface area contributed by atoms with Crippen LogP contribution in [-0.2, 0) is 16.6 Å². The number of hydrogen-bond donors (Lipinski definition) is 2. The summed E-state index contributed by atoms with van der Waals surface area (Å²) < 4.78 is 24.7. The molecule has 0 heterocycles. The van der Waals surface area contributed by atoms with Crippen LogP contribution in [0.5, 0.6) is 0 Å². The summed E-state index contributed by atoms with van der Waals surface area (Å²) >= 11 is 0. The smallest absolute Gasteiger partial charge is 0.212 e. The maximum Gasteiger partial charge on any atom is 0.212 e. The predicted octanol–water partition coefficient (Wildman–Crippen LogP) is 1.45. The average molecular weight is 270 g/mol. The summed E-state index contributed by atoms with van der Waals surface area (Å²) in [5, 5.41) is 3.12. The fraction of sp³-hybridized carbons (Fsp3) is 0.538. The van der Waals surface area contributed by atoms with Gasteiger partial charge in [-0.05, 0) is 24.1 Å². The lowest BCUT2D eigenvalue weighted by Crippen LogP contribution is -2.29. The van der Waals surface area contributed by atoms with Crippen molar-refractivity contribution in [1.82, 2.24) is 10.0 Å². The summed E-state index contributed by atoms with van der Waals surface area (Å²) in [6.45, 7) is 5.47. The summed E-state index contributed by atoms with van der Waals surface area (Å²) in [7, 11) is -1.67. The van der Waals surface area contributed by atoms with E-state index in [9.17, 15) is 8.42 Å². The van der Waals surface area contributed by atoms with Gasteiger partial charge in [-0.3, -0.25) is 0 Å². The van der Waals surface area contributed by atoms with Crippen LogP contribution < -0.4 is 10.0 Å². The summed E-state index contributed by atoms with van der Waals surface area (Å²) in [4.78, 5) is 0. The predicted molar refractivity (Wildman–Crippen MR) is 75.1 cm³/mol. The van der Waals surface area contributed by atoms with Crippen LogP contribution >= 0.6 is 0 Å². The minimum Gasteiger partial charge on any atom is -0.312 e. The first-order valence-corrected chi connectivity index (χ1v) is 7.80. The maximum absolute atomic E-state index is 11.2. The second kappa shape index (κ2) is 6.87. The second-order valence-electron chi connectivity index (χ2n) is 4.60. The molecular weight excluding hydrogens is 248 g/mol. The molecule has 1 aromatic rings. The van der Waals surface area contributed by atoms with Gasteiger partial charge in [-0.2, -0.15) is 0 Å². The van der Waals surface area contributed by atoms with Crippen LogP contribution in [0.1, 0.15) is 30.9 Å². The third-order valence-corrected chi connectivity index (χ3v) is 4.20. The fourth-order valence-electron chi connectivity index (χ4n) is 1.56. The Bertz CT molecular complexity index is 452. The number of rotatable bonds is 7. The first-order valence-electron chi connectivity index (χ1n) is 6.15. The van der Waals surface area contributed by atoms with Gasteiger partial charge in [0.1, 0.15) is 0 Å². The van der Waals surface area contributed by atoms with Gasteiger partial charge in [0.2, 0.25) is 10.0 Å². The Balaban J connectivity index is 2.36. The van der Waals surface area contributed by atoms with Crippen LogP contribution in [-0.4, -0.2) is 27.8 Å². The van der Waals surface area contributed by atoms with Crippen molar-refractivity contribution in [2.75, 3.05) is 19.3 Å². The molecule has 0 aliphatic rings. The first-order chi connectivity index (χ1) is 8.44. The van der Waals surface area contributed by atoms with Gasteiger partial charge in [0.05, 0.1) is 5.75 Å². The van der Waals surface area contributed by atoms with Crippen molar-refractivity contribution >= 4 is 10.0 Å². The Labute approximate surface area is 110 Å². The number of benzene rings is 1. The highest BCUT2D eigenvalue weighted by Gasteiger charge is 2.05. The van der Waals surface area contributed by atoms with Gasteiger partial charge in [0, 0.05) is 13.1 Å². The highest BCUT2D eigenvalue weighted by molar-refractivity contribution is 7.89. The molecule has 1 rings (SSSR count). The first kappa shape index (κ1) is 15.1. The van der Waals surface area contributed by atoms with E-state index in [-0.39, 0.29) is 5.75 Å². The molecule has 0 aromatic heterocycles. The molecule has 0 fully saturated rings. The minimum atomic E-state index is -3.10. The molecule has 0 saturated carbocycles. The molecular formula is C13H22N2O2S. The monoisotopic (exact) mass is 270 g/mol. The quantitative estimate of drug-likeness (QED) is 0.737. The molecule has 0 radical (unpaired) electrons. The molecule has 0 unspecified atom stereocenters. The van der Waals surface area contributed by atoms with Gasteiger partial charge in [-0.15, -0.1) is 0 Å². The van der Waals surface area contributed by atoms with E-state index in [0.29, 0.717) is 19.0 Å². The van der Waals surface area contributed by atoms with Crippen molar-refractivity contribution in [2.24, 2.45) is 0 Å². The van der Waals surface area contributed by atoms with Crippen molar-refractivity contribution in [2.45, 2.75) is 26.3 Å². The maximum atomic E-state index is 11.2. The minimum absolute atomic E-state index is 0.105. The van der Waals surface area contributed by atoms with E-state index in [2.05, 4.69) is 48.2 Å². The normalized spacial score (nSPS) is 12.0. The average Bonchev–Trinajstić information content (AvgIpc) is 2.35. The number of sulfonamides is 1. The molecule has 102 valence electrons. The molecule has 0 amide bonds. The third-order valence-electron chi connectivity index (χ3n) is 2.83. The van der Waals surface area contributed by atoms with Gasteiger partial charge in [0.25, 0.3) is 0 Å². The number of nitrogens with one attached hydrogen (secondary N) is 2. The lowest BCUT2D eigenvalue weighted by atomic mass is 10.0. The molecule has 0 spiro atoms. The molecule has 4 nitrogen and oxygen atoms in total. The molecule has 5 heteroatoms. The van der Waals surface area contributed by atoms with Crippen LogP contribution in [0.4, 0.5) is 0 Å². The molecule has 2 N–H and O–H groups in total. The molecule has 0 aliphatic carbocycles. The Morgan fingerprint density at radius 3 is 2.28 bits per heavy atom. The zero-order valence-electron chi connectivity index (χ0n) is 11.2. The van der Waals surface area contributed by atoms with E-state index in [1.54, 1.807) is 0 Å². The summed E-state index contributed by atoms with van der Waals surface area (Å²) in [6, 6.07) is 8.39. The Morgan fingerprint density at radius 1 is 1.17 bits per heavy atom. The van der Waals surface area contributed by atoms with E-state index in [1.807, 2.05) is 0 Å². The molecule has 0 bridgehead atoms. The van der Waals surface area contributed by atoms with Gasteiger partial charge in [0.15, 0.2) is 0 Å². The van der Waals surface area contributed by atoms with Crippen molar-refractivity contribution in [3.8, 4) is 0 Å². The standard InChI is InChI=1S/C13H22N2O2S/c1-11(2)13-6-4-12(5-7-13)10-15-8-9-18(16,17)14-3/h4-7,11,14-15H,8-10H2,1-3H3. The fourth-order valence-corrected chi connectivity index (χ4v) is 2.18. The van der Waals surface area contributed by atoms with E-state index < -0.39 is 10.0 Å². The van der Waals surface area contributed by atoms with Crippen LogP contribution in [0.25, 0.3) is 0 Å². The molecule has 0 atom stereocenters. The van der Waals surface area contributed by atoms with Gasteiger partial charge < -0.3 is 5.32 Å². The van der Waals surface area contributed by atoms with Crippen LogP contribution in [0.2, 0.25) is 0 Å². The summed E-state index contributed by atoms with van der Waals surface area (Å²) in [5.41, 5.74) is 2.48. The zero-order valence-corrected chi connectivity index (χ0v) is 12.0. The molecule has 18 heavy (non-hydrogen) atoms. The SMILES string of the molecule is CNS(=O)(=O)CCNCc1ccc(C(C)C)cc1. The van der Waals surface area contributed by atoms with Crippen molar-refractivity contribution < 1.29 is 8.42 Å². The Morgan fingerprint density at radius 2 is 1.78 bits per heavy atom. The van der Waals surface area contributed by atoms with E-state index in [4.69, 9.17) is 0 Å². The van der Waals surface area contributed by atoms with Crippen LogP contribution in [0.3, 0.4) is 0 Å². The van der Waals surface area contributed by atoms with Crippen LogP contribution in [0, 0.1) is 0 Å². The highest BCUT2D eigenvalue weighted by atomic mass is 32.2. The molecule has 0 aliphatic heterocycles. The van der Waals surface area contributed by atoms with Crippen LogP contribution in [0.15, 0.2) is 24.3 Å². The largest absolute Gasteiger partial charge is 0.312 e. The third kappa shape index (κ3) is 5.16. The summed E-state index contributed by atoms with van der Waals surface area (Å²) in [6.07, 6.45) is 0. The van der Waals surface area contributed by atoms with Gasteiger partial charge >= 0.3 is 0 Å². The van der Waals surface area contributed by atoms with E-state index >= 15 is 0 Å². The lowest BCUT2D eigenvalue weighted by molar-refractivity contribution is 0.583. The second-order valence-corrected chi connectivity index (χ2v) is 6.64. The van der Waals surface area contributed by atoms with Crippen molar-refractivity contribution in [3.05, 3.63) is 35.4 Å². The molecule has 1 aromatic carbocycles. The lowest BCUT2D eigenvalue weighted by Gasteiger charge is -2.08. The van der Waals surface area contributed by atoms with Crippen molar-refractivity contribution in [1.29, 1.82) is 0 Å². The highest BCUT2D eigenvalue weighted by Crippen LogP contribution is 2.14. The zero-order chi connectivity index (χ0) is 13.6. The molecule has 0 saturated heterocycles. The Kier molecular flexibility index (Phi) is 5.78. The Hall–Kier alpha value is -0.910. The van der Waals surface area contributed by atoms with Gasteiger partial charge in [-0.25, -0.2) is 13.1 Å². The van der Waals surface area contributed by atoms with E-state index in [0.717, 1.165) is 0 Å². The van der Waals surface area contributed by atoms with Crippen molar-refractivity contribution in [3.63, 3.8) is 0 Å². The number of hydrogen-bond acceptors (Lipinski definition) is 3. The topological polar surface area (TPSA) is 58.2 Å². The summed E-state index contributed by atoms with van der Waals surface area (Å²) in [5.74, 6) is 0.640. The van der Waals surface area contributed by atoms with E-state index in [1.165, 1.54) is 18.2 Å².